The van der Waals surface area contributed by atoms with E-state index in [4.69, 9.17) is 5.11 Å². The molecule has 0 atom stereocenters. The zero-order valence-electron chi connectivity index (χ0n) is 12.4. The lowest BCUT2D eigenvalue weighted by Crippen LogP contribution is -2.30. The summed E-state index contributed by atoms with van der Waals surface area (Å²) in [6, 6.07) is 5.29. The number of aliphatic carboxylic acids is 1. The van der Waals surface area contributed by atoms with E-state index in [9.17, 15) is 9.59 Å². The van der Waals surface area contributed by atoms with E-state index in [-0.39, 0.29) is 5.91 Å². The van der Waals surface area contributed by atoms with E-state index < -0.39 is 5.97 Å². The molecule has 1 amide bonds. The van der Waals surface area contributed by atoms with Crippen molar-refractivity contribution in [3.8, 4) is 0 Å². The van der Waals surface area contributed by atoms with E-state index >= 15 is 0 Å². The van der Waals surface area contributed by atoms with E-state index in [0.717, 1.165) is 17.2 Å². The lowest BCUT2D eigenvalue weighted by Gasteiger charge is -2.19. The van der Waals surface area contributed by atoms with E-state index in [0.29, 0.717) is 18.0 Å². The molecule has 4 heteroatoms. The van der Waals surface area contributed by atoms with Gasteiger partial charge in [0.25, 0.3) is 5.91 Å². The quantitative estimate of drug-likeness (QED) is 0.841. The Morgan fingerprint density at radius 3 is 2.50 bits per heavy atom. The van der Waals surface area contributed by atoms with Crippen LogP contribution < -0.4 is 0 Å². The van der Waals surface area contributed by atoms with Crippen molar-refractivity contribution in [2.24, 2.45) is 5.92 Å². The molecule has 0 bridgehead atoms. The standard InChI is InChI=1S/C16H21NO3/c1-11(2)10-17(4)16(20)14-6-5-13(12(3)9-14)7-8-15(18)19/h5-9,11H,10H2,1-4H3,(H,18,19)/b8-7+. The van der Waals surface area contributed by atoms with Crippen LogP contribution in [-0.4, -0.2) is 35.5 Å². The van der Waals surface area contributed by atoms with Crippen LogP contribution in [0.3, 0.4) is 0 Å². The minimum absolute atomic E-state index is 0.0180. The van der Waals surface area contributed by atoms with Crippen LogP contribution >= 0.6 is 0 Å². The summed E-state index contributed by atoms with van der Waals surface area (Å²) < 4.78 is 0. The van der Waals surface area contributed by atoms with Crippen molar-refractivity contribution in [2.75, 3.05) is 13.6 Å². The lowest BCUT2D eigenvalue weighted by molar-refractivity contribution is -0.131. The summed E-state index contributed by atoms with van der Waals surface area (Å²) >= 11 is 0. The maximum absolute atomic E-state index is 12.2. The molecule has 1 aromatic carbocycles. The number of hydrogen-bond donors (Lipinski definition) is 1. The second-order valence-corrected chi connectivity index (χ2v) is 5.32. The molecule has 0 aliphatic heterocycles. The van der Waals surface area contributed by atoms with Crippen LogP contribution in [0.15, 0.2) is 24.3 Å². The Morgan fingerprint density at radius 2 is 2.00 bits per heavy atom. The summed E-state index contributed by atoms with van der Waals surface area (Å²) in [5.74, 6) is -0.584. The van der Waals surface area contributed by atoms with Crippen molar-refractivity contribution in [1.82, 2.24) is 4.90 Å². The smallest absolute Gasteiger partial charge is 0.328 e. The average molecular weight is 275 g/mol. The van der Waals surface area contributed by atoms with Gasteiger partial charge in [0.15, 0.2) is 0 Å². The van der Waals surface area contributed by atoms with Crippen molar-refractivity contribution in [3.63, 3.8) is 0 Å². The minimum Gasteiger partial charge on any atom is -0.478 e. The molecule has 0 saturated heterocycles. The normalized spacial score (nSPS) is 11.1. The second-order valence-electron chi connectivity index (χ2n) is 5.32. The molecule has 1 aromatic rings. The fourth-order valence-corrected chi connectivity index (χ4v) is 2.01. The molecule has 1 rings (SSSR count). The van der Waals surface area contributed by atoms with Crippen LogP contribution in [0.2, 0.25) is 0 Å². The molecule has 0 saturated carbocycles. The number of rotatable bonds is 5. The molecule has 20 heavy (non-hydrogen) atoms. The molecule has 0 unspecified atom stereocenters. The molecule has 0 spiro atoms. The maximum Gasteiger partial charge on any atom is 0.328 e. The summed E-state index contributed by atoms with van der Waals surface area (Å²) in [7, 11) is 1.79. The second kappa shape index (κ2) is 6.89. The first-order chi connectivity index (χ1) is 9.31. The number of benzene rings is 1. The van der Waals surface area contributed by atoms with Crippen molar-refractivity contribution in [3.05, 3.63) is 41.0 Å². The molecular weight excluding hydrogens is 254 g/mol. The molecule has 0 heterocycles. The first-order valence-corrected chi connectivity index (χ1v) is 6.58. The number of carboxylic acids is 1. The van der Waals surface area contributed by atoms with Gasteiger partial charge in [0.05, 0.1) is 0 Å². The highest BCUT2D eigenvalue weighted by Gasteiger charge is 2.13. The Kier molecular flexibility index (Phi) is 5.50. The third-order valence-corrected chi connectivity index (χ3v) is 2.91. The molecule has 0 aromatic heterocycles. The SMILES string of the molecule is Cc1cc(C(=O)N(C)CC(C)C)ccc1/C=C/C(=O)O. The fourth-order valence-electron chi connectivity index (χ4n) is 2.01. The number of carbonyl (C=O) groups is 2. The Balaban J connectivity index is 2.91. The Morgan fingerprint density at radius 1 is 1.35 bits per heavy atom. The van der Waals surface area contributed by atoms with E-state index in [1.165, 1.54) is 6.08 Å². The predicted molar refractivity (Wildman–Crippen MR) is 79.6 cm³/mol. The average Bonchev–Trinajstić information content (AvgIpc) is 2.35. The Hall–Kier alpha value is -2.10. The van der Waals surface area contributed by atoms with Crippen LogP contribution in [-0.2, 0) is 4.79 Å². The van der Waals surface area contributed by atoms with Crippen LogP contribution in [0.4, 0.5) is 0 Å². The first kappa shape index (κ1) is 16.0. The zero-order chi connectivity index (χ0) is 15.3. The van der Waals surface area contributed by atoms with Gasteiger partial charge in [-0.25, -0.2) is 4.79 Å². The summed E-state index contributed by atoms with van der Waals surface area (Å²) in [5, 5.41) is 8.62. The van der Waals surface area contributed by atoms with Crippen LogP contribution in [0, 0.1) is 12.8 Å². The van der Waals surface area contributed by atoms with Crippen molar-refractivity contribution in [1.29, 1.82) is 0 Å². The fraction of sp³-hybridized carbons (Fsp3) is 0.375. The number of hydrogen-bond acceptors (Lipinski definition) is 2. The summed E-state index contributed by atoms with van der Waals surface area (Å²) in [5.41, 5.74) is 2.31. The first-order valence-electron chi connectivity index (χ1n) is 6.58. The van der Waals surface area contributed by atoms with Crippen molar-refractivity contribution >= 4 is 18.0 Å². The van der Waals surface area contributed by atoms with Gasteiger partial charge in [-0.15, -0.1) is 0 Å². The van der Waals surface area contributed by atoms with Gasteiger partial charge in [0.2, 0.25) is 0 Å². The van der Waals surface area contributed by atoms with E-state index in [1.54, 1.807) is 30.1 Å². The molecule has 4 nitrogen and oxygen atoms in total. The number of aryl methyl sites for hydroxylation is 1. The molecular formula is C16H21NO3. The van der Waals surface area contributed by atoms with Gasteiger partial charge in [-0.2, -0.15) is 0 Å². The number of amides is 1. The van der Waals surface area contributed by atoms with Gasteiger partial charge >= 0.3 is 5.97 Å². The van der Waals surface area contributed by atoms with Crippen LogP contribution in [0.25, 0.3) is 6.08 Å². The highest BCUT2D eigenvalue weighted by Crippen LogP contribution is 2.14. The summed E-state index contributed by atoms with van der Waals surface area (Å²) in [6.07, 6.45) is 2.62. The highest BCUT2D eigenvalue weighted by atomic mass is 16.4. The van der Waals surface area contributed by atoms with Gasteiger partial charge in [-0.1, -0.05) is 19.9 Å². The molecule has 0 radical (unpaired) electrons. The van der Waals surface area contributed by atoms with E-state index in [2.05, 4.69) is 13.8 Å². The summed E-state index contributed by atoms with van der Waals surface area (Å²) in [6.45, 7) is 6.70. The van der Waals surface area contributed by atoms with Crippen molar-refractivity contribution in [2.45, 2.75) is 20.8 Å². The minimum atomic E-state index is -0.985. The summed E-state index contributed by atoms with van der Waals surface area (Å²) in [4.78, 5) is 24.4. The zero-order valence-corrected chi connectivity index (χ0v) is 12.4. The van der Waals surface area contributed by atoms with Gasteiger partial charge in [0.1, 0.15) is 0 Å². The van der Waals surface area contributed by atoms with Gasteiger partial charge in [-0.3, -0.25) is 4.79 Å². The number of carboxylic acid groups (broad SMARTS) is 1. The molecule has 108 valence electrons. The Bertz CT molecular complexity index is 533. The van der Waals surface area contributed by atoms with Crippen LogP contribution in [0.1, 0.15) is 35.3 Å². The third kappa shape index (κ3) is 4.53. The number of carbonyl (C=O) groups excluding carboxylic acids is 1. The predicted octanol–water partition coefficient (Wildman–Crippen LogP) is 2.82. The van der Waals surface area contributed by atoms with Crippen LogP contribution in [0.5, 0.6) is 0 Å². The monoisotopic (exact) mass is 275 g/mol. The topological polar surface area (TPSA) is 57.6 Å². The van der Waals surface area contributed by atoms with E-state index in [1.807, 2.05) is 6.92 Å². The molecule has 0 aliphatic rings. The third-order valence-electron chi connectivity index (χ3n) is 2.91. The molecule has 1 N–H and O–H groups in total. The van der Waals surface area contributed by atoms with Gasteiger partial charge < -0.3 is 10.0 Å². The number of nitrogens with zero attached hydrogens (tertiary/aromatic N) is 1. The molecule has 0 aliphatic carbocycles. The highest BCUT2D eigenvalue weighted by molar-refractivity contribution is 5.94. The Labute approximate surface area is 119 Å². The lowest BCUT2D eigenvalue weighted by atomic mass is 10.0. The maximum atomic E-state index is 12.2. The largest absolute Gasteiger partial charge is 0.478 e. The van der Waals surface area contributed by atoms with Gasteiger partial charge in [0, 0.05) is 25.2 Å². The van der Waals surface area contributed by atoms with Gasteiger partial charge in [-0.05, 0) is 42.2 Å². The molecule has 0 fully saturated rings. The van der Waals surface area contributed by atoms with Crippen molar-refractivity contribution < 1.29 is 14.7 Å².